The van der Waals surface area contributed by atoms with Crippen molar-refractivity contribution in [3.05, 3.63) is 65.2 Å². The summed E-state index contributed by atoms with van der Waals surface area (Å²) in [4.78, 5) is 12.4. The van der Waals surface area contributed by atoms with Crippen LogP contribution in [0.5, 0.6) is 0 Å². The Balaban J connectivity index is 1.50. The van der Waals surface area contributed by atoms with E-state index in [2.05, 4.69) is 11.4 Å². The number of carbonyl (C=O) groups excluding carboxylic acids is 1. The lowest BCUT2D eigenvalue weighted by atomic mass is 10.1. The molecule has 144 valence electrons. The summed E-state index contributed by atoms with van der Waals surface area (Å²) in [5.74, 6) is -0.00901. The molecule has 0 radical (unpaired) electrons. The lowest BCUT2D eigenvalue weighted by Gasteiger charge is -2.15. The highest BCUT2D eigenvalue weighted by Crippen LogP contribution is 2.21. The maximum atomic E-state index is 12.5. The van der Waals surface area contributed by atoms with Crippen molar-refractivity contribution < 1.29 is 13.2 Å². The maximum Gasteiger partial charge on any atom is 0.243 e. The monoisotopic (exact) mass is 386 g/mol. The van der Waals surface area contributed by atoms with Crippen LogP contribution in [0.3, 0.4) is 0 Å². The third kappa shape index (κ3) is 5.17. The molecule has 0 bridgehead atoms. The van der Waals surface area contributed by atoms with Crippen LogP contribution in [0.15, 0.2) is 53.4 Å². The first-order valence-electron chi connectivity index (χ1n) is 9.36. The van der Waals surface area contributed by atoms with Crippen LogP contribution in [0.2, 0.25) is 0 Å². The highest BCUT2D eigenvalue weighted by atomic mass is 32.2. The molecule has 2 aromatic carbocycles. The Bertz CT molecular complexity index is 886. The Morgan fingerprint density at radius 1 is 1.04 bits per heavy atom. The summed E-state index contributed by atoms with van der Waals surface area (Å²) in [6.45, 7) is 3.75. The second kappa shape index (κ2) is 8.67. The van der Waals surface area contributed by atoms with Crippen LogP contribution >= 0.6 is 0 Å². The van der Waals surface area contributed by atoms with Gasteiger partial charge in [-0.15, -0.1) is 0 Å². The van der Waals surface area contributed by atoms with Gasteiger partial charge in [0.15, 0.2) is 0 Å². The molecule has 0 saturated carbocycles. The minimum Gasteiger partial charge on any atom is -0.352 e. The van der Waals surface area contributed by atoms with E-state index in [9.17, 15) is 13.2 Å². The molecule has 6 heteroatoms. The molecular weight excluding hydrogens is 360 g/mol. The van der Waals surface area contributed by atoms with E-state index in [0.29, 0.717) is 37.4 Å². The van der Waals surface area contributed by atoms with E-state index in [0.717, 1.165) is 24.0 Å². The van der Waals surface area contributed by atoms with Crippen LogP contribution in [-0.2, 0) is 27.8 Å². The van der Waals surface area contributed by atoms with Gasteiger partial charge in [-0.1, -0.05) is 42.0 Å². The van der Waals surface area contributed by atoms with Crippen molar-refractivity contribution in [2.75, 3.05) is 13.1 Å². The summed E-state index contributed by atoms with van der Waals surface area (Å²) in [5.41, 5.74) is 3.21. The van der Waals surface area contributed by atoms with Crippen LogP contribution in [0.1, 0.15) is 36.0 Å². The molecule has 27 heavy (non-hydrogen) atoms. The largest absolute Gasteiger partial charge is 0.352 e. The lowest BCUT2D eigenvalue weighted by molar-refractivity contribution is -0.121. The van der Waals surface area contributed by atoms with Crippen LogP contribution < -0.4 is 5.32 Å². The van der Waals surface area contributed by atoms with Gasteiger partial charge in [-0.25, -0.2) is 8.42 Å². The van der Waals surface area contributed by atoms with Gasteiger partial charge in [0.2, 0.25) is 15.9 Å². The summed E-state index contributed by atoms with van der Waals surface area (Å²) < 4.78 is 26.6. The topological polar surface area (TPSA) is 66.5 Å². The maximum absolute atomic E-state index is 12.5. The van der Waals surface area contributed by atoms with Gasteiger partial charge in [0.25, 0.3) is 0 Å². The standard InChI is InChI=1S/C21H26N2O3S/c1-17-5-4-6-19(15-17)16-22-21(24)12-9-18-7-10-20(11-8-18)27(25,26)23-13-2-3-14-23/h4-8,10-11,15H,2-3,9,12-14,16H2,1H3,(H,22,24). The molecule has 0 aromatic heterocycles. The number of hydrogen-bond donors (Lipinski definition) is 1. The van der Waals surface area contributed by atoms with Crippen molar-refractivity contribution in [1.82, 2.24) is 9.62 Å². The van der Waals surface area contributed by atoms with Crippen molar-refractivity contribution >= 4 is 15.9 Å². The summed E-state index contributed by atoms with van der Waals surface area (Å²) in [6.07, 6.45) is 2.82. The average molecular weight is 387 g/mol. The molecule has 1 amide bonds. The third-order valence-corrected chi connectivity index (χ3v) is 6.75. The molecule has 3 rings (SSSR count). The summed E-state index contributed by atoms with van der Waals surface area (Å²) in [6, 6.07) is 15.0. The first kappa shape index (κ1) is 19.6. The number of hydrogen-bond acceptors (Lipinski definition) is 3. The van der Waals surface area contributed by atoms with Crippen molar-refractivity contribution in [3.8, 4) is 0 Å². The van der Waals surface area contributed by atoms with Crippen LogP contribution in [0.4, 0.5) is 0 Å². The number of nitrogens with zero attached hydrogens (tertiary/aromatic N) is 1. The van der Waals surface area contributed by atoms with E-state index in [1.165, 1.54) is 5.56 Å². The summed E-state index contributed by atoms with van der Waals surface area (Å²) in [7, 11) is -3.38. The van der Waals surface area contributed by atoms with E-state index in [1.54, 1.807) is 28.6 Å². The number of aryl methyl sites for hydroxylation is 2. The molecule has 1 fully saturated rings. The Morgan fingerprint density at radius 3 is 2.41 bits per heavy atom. The van der Waals surface area contributed by atoms with E-state index >= 15 is 0 Å². The number of sulfonamides is 1. The number of amides is 1. The van der Waals surface area contributed by atoms with E-state index in [4.69, 9.17) is 0 Å². The SMILES string of the molecule is Cc1cccc(CNC(=O)CCc2ccc(S(=O)(=O)N3CCCC3)cc2)c1. The highest BCUT2D eigenvalue weighted by Gasteiger charge is 2.26. The highest BCUT2D eigenvalue weighted by molar-refractivity contribution is 7.89. The van der Waals surface area contributed by atoms with Gasteiger partial charge in [0.05, 0.1) is 4.90 Å². The zero-order valence-electron chi connectivity index (χ0n) is 15.6. The molecule has 1 aliphatic rings. The minimum atomic E-state index is -3.38. The van der Waals surface area contributed by atoms with Crippen molar-refractivity contribution in [1.29, 1.82) is 0 Å². The number of rotatable bonds is 7. The number of benzene rings is 2. The van der Waals surface area contributed by atoms with Crippen LogP contribution in [0.25, 0.3) is 0 Å². The molecular formula is C21H26N2O3S. The first-order valence-corrected chi connectivity index (χ1v) is 10.8. The van der Waals surface area contributed by atoms with E-state index in [-0.39, 0.29) is 5.91 Å². The molecule has 1 saturated heterocycles. The number of carbonyl (C=O) groups is 1. The van der Waals surface area contributed by atoms with Gasteiger partial charge in [0, 0.05) is 26.1 Å². The molecule has 1 heterocycles. The van der Waals surface area contributed by atoms with Crippen molar-refractivity contribution in [2.24, 2.45) is 0 Å². The molecule has 1 aliphatic heterocycles. The number of nitrogens with one attached hydrogen (secondary N) is 1. The summed E-state index contributed by atoms with van der Waals surface area (Å²) in [5, 5.41) is 2.93. The van der Waals surface area contributed by atoms with Gasteiger partial charge in [0.1, 0.15) is 0 Å². The minimum absolute atomic E-state index is 0.00901. The smallest absolute Gasteiger partial charge is 0.243 e. The van der Waals surface area contributed by atoms with Gasteiger partial charge >= 0.3 is 0 Å². The lowest BCUT2D eigenvalue weighted by Crippen LogP contribution is -2.27. The zero-order valence-corrected chi connectivity index (χ0v) is 16.5. The van der Waals surface area contributed by atoms with E-state index in [1.807, 2.05) is 25.1 Å². The molecule has 0 aliphatic carbocycles. The van der Waals surface area contributed by atoms with Gasteiger partial charge < -0.3 is 5.32 Å². The fraction of sp³-hybridized carbons (Fsp3) is 0.381. The van der Waals surface area contributed by atoms with Gasteiger partial charge in [-0.2, -0.15) is 4.31 Å². The molecule has 0 atom stereocenters. The van der Waals surface area contributed by atoms with Gasteiger partial charge in [-0.3, -0.25) is 4.79 Å². The molecule has 2 aromatic rings. The van der Waals surface area contributed by atoms with E-state index < -0.39 is 10.0 Å². The Kier molecular flexibility index (Phi) is 6.29. The van der Waals surface area contributed by atoms with Crippen molar-refractivity contribution in [2.45, 2.75) is 44.0 Å². The Labute approximate surface area is 161 Å². The second-order valence-corrected chi connectivity index (χ2v) is 8.96. The molecule has 0 unspecified atom stereocenters. The summed E-state index contributed by atoms with van der Waals surface area (Å²) >= 11 is 0. The normalized spacial score (nSPS) is 15.0. The molecule has 0 spiro atoms. The predicted molar refractivity (Wildman–Crippen MR) is 106 cm³/mol. The van der Waals surface area contributed by atoms with Crippen LogP contribution in [0, 0.1) is 6.92 Å². The zero-order chi connectivity index (χ0) is 19.3. The third-order valence-electron chi connectivity index (χ3n) is 4.84. The average Bonchev–Trinajstić information content (AvgIpc) is 3.21. The molecule has 1 N–H and O–H groups in total. The fourth-order valence-corrected chi connectivity index (χ4v) is 4.79. The Morgan fingerprint density at radius 2 is 1.74 bits per heavy atom. The molecule has 5 nitrogen and oxygen atoms in total. The van der Waals surface area contributed by atoms with Gasteiger partial charge in [-0.05, 0) is 49.4 Å². The first-order chi connectivity index (χ1) is 12.9. The quantitative estimate of drug-likeness (QED) is 0.795. The Hall–Kier alpha value is -2.18. The van der Waals surface area contributed by atoms with Crippen molar-refractivity contribution in [3.63, 3.8) is 0 Å². The second-order valence-electron chi connectivity index (χ2n) is 7.02. The fourth-order valence-electron chi connectivity index (χ4n) is 3.27. The van der Waals surface area contributed by atoms with Crippen LogP contribution in [-0.4, -0.2) is 31.7 Å². The predicted octanol–water partition coefficient (Wildman–Crippen LogP) is 3.03.